The number of aromatic nitrogens is 4. The van der Waals surface area contributed by atoms with Gasteiger partial charge in [0.2, 0.25) is 4.96 Å². The van der Waals surface area contributed by atoms with Crippen molar-refractivity contribution in [1.82, 2.24) is 25.1 Å². The first-order valence-electron chi connectivity index (χ1n) is 6.83. The van der Waals surface area contributed by atoms with Gasteiger partial charge in [0.15, 0.2) is 5.82 Å². The van der Waals surface area contributed by atoms with Gasteiger partial charge in [-0.1, -0.05) is 18.3 Å². The van der Waals surface area contributed by atoms with E-state index in [-0.39, 0.29) is 0 Å². The SMILES string of the molecule is C[C@@H]1CNC[C@H]1c1nn2c(C3CCOC3)nnc2s1. The minimum absolute atomic E-state index is 0.351. The number of hydrogen-bond acceptors (Lipinski definition) is 6. The van der Waals surface area contributed by atoms with E-state index in [1.807, 2.05) is 4.52 Å². The molecule has 6 nitrogen and oxygen atoms in total. The van der Waals surface area contributed by atoms with E-state index in [0.29, 0.717) is 17.8 Å². The Morgan fingerprint density at radius 3 is 3.05 bits per heavy atom. The predicted octanol–water partition coefficient (Wildman–Crippen LogP) is 1.01. The highest BCUT2D eigenvalue weighted by atomic mass is 32.1. The zero-order valence-corrected chi connectivity index (χ0v) is 11.7. The van der Waals surface area contributed by atoms with Crippen LogP contribution >= 0.6 is 11.3 Å². The zero-order chi connectivity index (χ0) is 12.8. The summed E-state index contributed by atoms with van der Waals surface area (Å²) >= 11 is 1.68. The van der Waals surface area contributed by atoms with Crippen LogP contribution < -0.4 is 5.32 Å². The summed E-state index contributed by atoms with van der Waals surface area (Å²) in [5, 5.41) is 17.9. The average molecular weight is 279 g/mol. The fourth-order valence-corrected chi connectivity index (χ4v) is 4.01. The van der Waals surface area contributed by atoms with Gasteiger partial charge < -0.3 is 10.1 Å². The first-order valence-corrected chi connectivity index (χ1v) is 7.65. The van der Waals surface area contributed by atoms with Crippen LogP contribution in [0.5, 0.6) is 0 Å². The van der Waals surface area contributed by atoms with Crippen molar-refractivity contribution >= 4 is 16.3 Å². The number of rotatable bonds is 2. The van der Waals surface area contributed by atoms with Gasteiger partial charge in [-0.25, -0.2) is 0 Å². The van der Waals surface area contributed by atoms with E-state index >= 15 is 0 Å². The molecule has 0 amide bonds. The molecule has 0 aromatic carbocycles. The summed E-state index contributed by atoms with van der Waals surface area (Å²) in [6.07, 6.45) is 1.02. The largest absolute Gasteiger partial charge is 0.381 e. The Balaban J connectivity index is 1.71. The molecule has 2 saturated heterocycles. The van der Waals surface area contributed by atoms with Gasteiger partial charge in [-0.15, -0.1) is 10.2 Å². The molecule has 0 bridgehead atoms. The van der Waals surface area contributed by atoms with Crippen molar-refractivity contribution in [1.29, 1.82) is 0 Å². The minimum Gasteiger partial charge on any atom is -0.381 e. The van der Waals surface area contributed by atoms with E-state index in [4.69, 9.17) is 9.84 Å². The number of hydrogen-bond donors (Lipinski definition) is 1. The third-order valence-electron chi connectivity index (χ3n) is 4.16. The lowest BCUT2D eigenvalue weighted by Crippen LogP contribution is -2.09. The predicted molar refractivity (Wildman–Crippen MR) is 71.6 cm³/mol. The lowest BCUT2D eigenvalue weighted by atomic mass is 9.99. The smallest absolute Gasteiger partial charge is 0.234 e. The standard InChI is InChI=1S/C12H17N5OS/c1-7-4-13-5-9(7)11-16-17-10(8-2-3-18-6-8)14-15-12(17)19-11/h7-9,13H,2-6H2,1H3/t7-,8?,9-/m1/s1. The van der Waals surface area contributed by atoms with Crippen molar-refractivity contribution in [3.63, 3.8) is 0 Å². The summed E-state index contributed by atoms with van der Waals surface area (Å²) in [5.41, 5.74) is 0. The average Bonchev–Trinajstić information content (AvgIpc) is 3.10. The molecule has 7 heteroatoms. The van der Waals surface area contributed by atoms with Gasteiger partial charge in [0.1, 0.15) is 5.01 Å². The van der Waals surface area contributed by atoms with Gasteiger partial charge in [-0.2, -0.15) is 9.61 Å². The first kappa shape index (κ1) is 11.7. The second-order valence-electron chi connectivity index (χ2n) is 5.50. The normalized spacial score (nSPS) is 31.5. The number of fused-ring (bicyclic) bond motifs is 1. The Bertz CT molecular complexity index is 588. The topological polar surface area (TPSA) is 64.3 Å². The third-order valence-corrected chi connectivity index (χ3v) is 5.19. The molecule has 2 fully saturated rings. The van der Waals surface area contributed by atoms with Gasteiger partial charge in [0.05, 0.1) is 6.61 Å². The number of nitrogens with zero attached hydrogens (tertiary/aromatic N) is 4. The van der Waals surface area contributed by atoms with Crippen LogP contribution in [0.2, 0.25) is 0 Å². The van der Waals surface area contributed by atoms with Crippen LogP contribution in [-0.2, 0) is 4.74 Å². The Kier molecular flexibility index (Phi) is 2.78. The van der Waals surface area contributed by atoms with Crippen molar-refractivity contribution in [2.45, 2.75) is 25.2 Å². The van der Waals surface area contributed by atoms with Gasteiger partial charge in [-0.3, -0.25) is 0 Å². The van der Waals surface area contributed by atoms with Crippen molar-refractivity contribution in [2.24, 2.45) is 5.92 Å². The fourth-order valence-electron chi connectivity index (χ4n) is 2.93. The molecule has 4 rings (SSSR count). The van der Waals surface area contributed by atoms with Crippen LogP contribution in [0.1, 0.15) is 36.0 Å². The summed E-state index contributed by atoms with van der Waals surface area (Å²) in [7, 11) is 0. The highest BCUT2D eigenvalue weighted by Crippen LogP contribution is 2.32. The third kappa shape index (κ3) is 1.87. The maximum Gasteiger partial charge on any atom is 0.234 e. The molecule has 2 aliphatic heterocycles. The van der Waals surface area contributed by atoms with Crippen LogP contribution in [0.15, 0.2) is 0 Å². The molecule has 0 aliphatic carbocycles. The van der Waals surface area contributed by atoms with Crippen LogP contribution in [0, 0.1) is 5.92 Å². The van der Waals surface area contributed by atoms with Crippen LogP contribution in [-0.4, -0.2) is 46.1 Å². The maximum absolute atomic E-state index is 5.44. The first-order chi connectivity index (χ1) is 9.33. The van der Waals surface area contributed by atoms with Crippen LogP contribution in [0.4, 0.5) is 0 Å². The molecule has 1 unspecified atom stereocenters. The van der Waals surface area contributed by atoms with Crippen molar-refractivity contribution in [3.05, 3.63) is 10.8 Å². The second-order valence-corrected chi connectivity index (χ2v) is 6.48. The summed E-state index contributed by atoms with van der Waals surface area (Å²) in [4.78, 5) is 0.913. The highest BCUT2D eigenvalue weighted by molar-refractivity contribution is 7.16. The molecular weight excluding hydrogens is 262 g/mol. The van der Waals surface area contributed by atoms with Gasteiger partial charge in [-0.05, 0) is 18.9 Å². The van der Waals surface area contributed by atoms with Crippen LogP contribution in [0.3, 0.4) is 0 Å². The molecule has 2 aliphatic rings. The Morgan fingerprint density at radius 1 is 1.37 bits per heavy atom. The van der Waals surface area contributed by atoms with E-state index in [0.717, 1.165) is 43.5 Å². The molecule has 102 valence electrons. The lowest BCUT2D eigenvalue weighted by Gasteiger charge is -2.09. The number of nitrogens with one attached hydrogen (secondary N) is 1. The van der Waals surface area contributed by atoms with Gasteiger partial charge in [0.25, 0.3) is 0 Å². The van der Waals surface area contributed by atoms with Gasteiger partial charge in [0, 0.05) is 25.0 Å². The molecule has 2 aromatic heterocycles. The van der Waals surface area contributed by atoms with E-state index in [9.17, 15) is 0 Å². The quantitative estimate of drug-likeness (QED) is 0.889. The van der Waals surface area contributed by atoms with Crippen molar-refractivity contribution < 1.29 is 4.74 Å². The molecule has 1 N–H and O–H groups in total. The van der Waals surface area contributed by atoms with Crippen LogP contribution in [0.25, 0.3) is 4.96 Å². The monoisotopic (exact) mass is 279 g/mol. The van der Waals surface area contributed by atoms with E-state index < -0.39 is 0 Å². The molecule has 4 heterocycles. The van der Waals surface area contributed by atoms with Crippen molar-refractivity contribution in [2.75, 3.05) is 26.3 Å². The highest BCUT2D eigenvalue weighted by Gasteiger charge is 2.30. The Labute approximate surface area is 115 Å². The molecule has 19 heavy (non-hydrogen) atoms. The maximum atomic E-state index is 5.44. The zero-order valence-electron chi connectivity index (χ0n) is 10.9. The second kappa shape index (κ2) is 4.50. The lowest BCUT2D eigenvalue weighted by molar-refractivity contribution is 0.193. The molecule has 0 radical (unpaired) electrons. The van der Waals surface area contributed by atoms with E-state index in [2.05, 4.69) is 22.4 Å². The molecular formula is C12H17N5OS. The summed E-state index contributed by atoms with van der Waals surface area (Å²) in [6, 6.07) is 0. The van der Waals surface area contributed by atoms with Crippen molar-refractivity contribution in [3.8, 4) is 0 Å². The summed E-state index contributed by atoms with van der Waals surface area (Å²) < 4.78 is 7.37. The fraction of sp³-hybridized carbons (Fsp3) is 0.750. The Hall–Kier alpha value is -1.05. The minimum atomic E-state index is 0.351. The summed E-state index contributed by atoms with van der Waals surface area (Å²) in [6.45, 7) is 5.94. The molecule has 0 saturated carbocycles. The molecule has 2 aromatic rings. The Morgan fingerprint density at radius 2 is 2.32 bits per heavy atom. The summed E-state index contributed by atoms with van der Waals surface area (Å²) in [5.74, 6) is 2.47. The van der Waals surface area contributed by atoms with E-state index in [1.165, 1.54) is 5.01 Å². The molecule has 0 spiro atoms. The van der Waals surface area contributed by atoms with Gasteiger partial charge >= 0.3 is 0 Å². The van der Waals surface area contributed by atoms with E-state index in [1.54, 1.807) is 11.3 Å². The number of ether oxygens (including phenoxy) is 1. The molecule has 3 atom stereocenters.